The first-order chi connectivity index (χ1) is 9.06. The molecular formula is C14H19BrN4. The van der Waals surface area contributed by atoms with Gasteiger partial charge in [-0.15, -0.1) is 0 Å². The standard InChI is InChI=1S/C14H19BrN4/c1-10(2)8-19-14(17-9-18-19)7-13(16)11-3-5-12(15)6-4-11/h3-6,9-10,13H,7-8,16H2,1-2H3. The van der Waals surface area contributed by atoms with Crippen molar-refractivity contribution in [3.05, 3.63) is 46.5 Å². The summed E-state index contributed by atoms with van der Waals surface area (Å²) < 4.78 is 3.01. The second kappa shape index (κ2) is 6.30. The molecule has 5 heteroatoms. The van der Waals surface area contributed by atoms with Crippen LogP contribution in [-0.2, 0) is 13.0 Å². The number of halogens is 1. The van der Waals surface area contributed by atoms with E-state index in [1.54, 1.807) is 6.33 Å². The molecule has 0 radical (unpaired) electrons. The van der Waals surface area contributed by atoms with E-state index in [-0.39, 0.29) is 6.04 Å². The number of nitrogens with two attached hydrogens (primary N) is 1. The van der Waals surface area contributed by atoms with Gasteiger partial charge in [-0.05, 0) is 23.6 Å². The highest BCUT2D eigenvalue weighted by atomic mass is 79.9. The Morgan fingerprint density at radius 3 is 2.58 bits per heavy atom. The average Bonchev–Trinajstić information content (AvgIpc) is 2.76. The summed E-state index contributed by atoms with van der Waals surface area (Å²) in [6.45, 7) is 5.21. The second-order valence-electron chi connectivity index (χ2n) is 5.11. The summed E-state index contributed by atoms with van der Waals surface area (Å²) in [5, 5.41) is 4.26. The van der Waals surface area contributed by atoms with E-state index in [0.717, 1.165) is 22.4 Å². The van der Waals surface area contributed by atoms with E-state index in [1.165, 1.54) is 0 Å². The first-order valence-corrected chi connectivity index (χ1v) is 7.23. The third-order valence-corrected chi connectivity index (χ3v) is 3.46. The molecule has 0 amide bonds. The summed E-state index contributed by atoms with van der Waals surface area (Å²) in [6, 6.07) is 8.04. The number of benzene rings is 1. The smallest absolute Gasteiger partial charge is 0.138 e. The lowest BCUT2D eigenvalue weighted by Crippen LogP contribution is -2.18. The first kappa shape index (κ1) is 14.2. The predicted octanol–water partition coefficient (Wildman–Crippen LogP) is 2.94. The number of nitrogens with zero attached hydrogens (tertiary/aromatic N) is 3. The van der Waals surface area contributed by atoms with Gasteiger partial charge in [0.15, 0.2) is 0 Å². The minimum Gasteiger partial charge on any atom is -0.324 e. The maximum atomic E-state index is 6.24. The van der Waals surface area contributed by atoms with Crippen LogP contribution >= 0.6 is 15.9 Å². The highest BCUT2D eigenvalue weighted by molar-refractivity contribution is 9.10. The maximum Gasteiger partial charge on any atom is 0.138 e. The van der Waals surface area contributed by atoms with Crippen LogP contribution in [0.1, 0.15) is 31.3 Å². The number of hydrogen-bond acceptors (Lipinski definition) is 3. The predicted molar refractivity (Wildman–Crippen MR) is 79.6 cm³/mol. The molecule has 0 aliphatic carbocycles. The van der Waals surface area contributed by atoms with Crippen molar-refractivity contribution >= 4 is 15.9 Å². The summed E-state index contributed by atoms with van der Waals surface area (Å²) in [6.07, 6.45) is 2.31. The van der Waals surface area contributed by atoms with Gasteiger partial charge >= 0.3 is 0 Å². The zero-order valence-corrected chi connectivity index (χ0v) is 12.8. The number of rotatable bonds is 5. The van der Waals surface area contributed by atoms with Gasteiger partial charge in [0.05, 0.1) is 0 Å². The molecule has 2 aromatic rings. The molecule has 2 rings (SSSR count). The molecule has 0 saturated heterocycles. The van der Waals surface area contributed by atoms with Crippen molar-refractivity contribution in [2.75, 3.05) is 0 Å². The molecule has 0 saturated carbocycles. The fourth-order valence-electron chi connectivity index (χ4n) is 1.97. The Balaban J connectivity index is 2.08. The van der Waals surface area contributed by atoms with E-state index in [2.05, 4.69) is 39.9 Å². The Morgan fingerprint density at radius 1 is 1.26 bits per heavy atom. The lowest BCUT2D eigenvalue weighted by Gasteiger charge is -2.13. The van der Waals surface area contributed by atoms with Gasteiger partial charge in [-0.25, -0.2) is 9.67 Å². The third-order valence-electron chi connectivity index (χ3n) is 2.93. The van der Waals surface area contributed by atoms with Crippen LogP contribution in [0.3, 0.4) is 0 Å². The van der Waals surface area contributed by atoms with Gasteiger partial charge in [-0.1, -0.05) is 41.9 Å². The molecule has 0 bridgehead atoms. The second-order valence-corrected chi connectivity index (χ2v) is 6.03. The topological polar surface area (TPSA) is 56.7 Å². The maximum absolute atomic E-state index is 6.24. The minimum atomic E-state index is -0.0526. The minimum absolute atomic E-state index is 0.0526. The highest BCUT2D eigenvalue weighted by Crippen LogP contribution is 2.18. The van der Waals surface area contributed by atoms with Crippen LogP contribution in [0.2, 0.25) is 0 Å². The Bertz CT molecular complexity index is 518. The first-order valence-electron chi connectivity index (χ1n) is 6.44. The molecule has 1 atom stereocenters. The summed E-state index contributed by atoms with van der Waals surface area (Å²) in [4.78, 5) is 4.31. The van der Waals surface area contributed by atoms with Gasteiger partial charge in [0, 0.05) is 23.5 Å². The summed E-state index contributed by atoms with van der Waals surface area (Å²) in [5.74, 6) is 1.49. The van der Waals surface area contributed by atoms with Gasteiger partial charge in [0.25, 0.3) is 0 Å². The Morgan fingerprint density at radius 2 is 1.95 bits per heavy atom. The van der Waals surface area contributed by atoms with Crippen LogP contribution in [0, 0.1) is 5.92 Å². The SMILES string of the molecule is CC(C)Cn1ncnc1CC(N)c1ccc(Br)cc1. The van der Waals surface area contributed by atoms with Crippen LogP contribution < -0.4 is 5.73 Å². The van der Waals surface area contributed by atoms with Crippen molar-refractivity contribution in [2.45, 2.75) is 32.9 Å². The van der Waals surface area contributed by atoms with Crippen molar-refractivity contribution < 1.29 is 0 Å². The zero-order chi connectivity index (χ0) is 13.8. The van der Waals surface area contributed by atoms with Crippen molar-refractivity contribution in [1.82, 2.24) is 14.8 Å². The normalized spacial score (nSPS) is 12.9. The molecule has 2 N–H and O–H groups in total. The van der Waals surface area contributed by atoms with Crippen LogP contribution in [0.5, 0.6) is 0 Å². The molecule has 0 aliphatic rings. The summed E-state index contributed by atoms with van der Waals surface area (Å²) >= 11 is 3.43. The lowest BCUT2D eigenvalue weighted by atomic mass is 10.0. The Hall–Kier alpha value is -1.20. The number of aromatic nitrogens is 3. The summed E-state index contributed by atoms with van der Waals surface area (Å²) in [7, 11) is 0. The Labute approximate surface area is 122 Å². The van der Waals surface area contributed by atoms with Crippen molar-refractivity contribution in [1.29, 1.82) is 0 Å². The lowest BCUT2D eigenvalue weighted by molar-refractivity contribution is 0.459. The van der Waals surface area contributed by atoms with Gasteiger partial charge in [-0.2, -0.15) is 5.10 Å². The van der Waals surface area contributed by atoms with Crippen molar-refractivity contribution in [3.8, 4) is 0 Å². The van der Waals surface area contributed by atoms with Crippen molar-refractivity contribution in [2.24, 2.45) is 11.7 Å². The largest absolute Gasteiger partial charge is 0.324 e. The van der Waals surface area contributed by atoms with Crippen molar-refractivity contribution in [3.63, 3.8) is 0 Å². The van der Waals surface area contributed by atoms with Gasteiger partial charge in [0.2, 0.25) is 0 Å². The molecule has 19 heavy (non-hydrogen) atoms. The molecule has 1 aromatic heterocycles. The van der Waals surface area contributed by atoms with Crippen LogP contribution in [0.25, 0.3) is 0 Å². The third kappa shape index (κ3) is 3.88. The molecule has 0 fully saturated rings. The molecule has 1 unspecified atom stereocenters. The molecule has 102 valence electrons. The fourth-order valence-corrected chi connectivity index (χ4v) is 2.23. The van der Waals surface area contributed by atoms with E-state index in [9.17, 15) is 0 Å². The molecule has 0 aliphatic heterocycles. The number of hydrogen-bond donors (Lipinski definition) is 1. The quantitative estimate of drug-likeness (QED) is 0.920. The zero-order valence-electron chi connectivity index (χ0n) is 11.3. The van der Waals surface area contributed by atoms with E-state index < -0.39 is 0 Å². The summed E-state index contributed by atoms with van der Waals surface area (Å²) in [5.41, 5.74) is 7.35. The van der Waals surface area contributed by atoms with E-state index in [0.29, 0.717) is 12.3 Å². The highest BCUT2D eigenvalue weighted by Gasteiger charge is 2.12. The monoisotopic (exact) mass is 322 g/mol. The van der Waals surface area contributed by atoms with Crippen LogP contribution in [0.4, 0.5) is 0 Å². The molecule has 4 nitrogen and oxygen atoms in total. The van der Waals surface area contributed by atoms with E-state index >= 15 is 0 Å². The molecule has 1 heterocycles. The molecule has 0 spiro atoms. The van der Waals surface area contributed by atoms with Gasteiger partial charge in [0.1, 0.15) is 12.2 Å². The van der Waals surface area contributed by atoms with Crippen LogP contribution in [-0.4, -0.2) is 14.8 Å². The van der Waals surface area contributed by atoms with E-state index in [1.807, 2.05) is 28.9 Å². The van der Waals surface area contributed by atoms with Gasteiger partial charge < -0.3 is 5.73 Å². The van der Waals surface area contributed by atoms with Crippen LogP contribution in [0.15, 0.2) is 35.1 Å². The Kier molecular flexibility index (Phi) is 4.71. The molecule has 1 aromatic carbocycles. The fraction of sp³-hybridized carbons (Fsp3) is 0.429. The van der Waals surface area contributed by atoms with Gasteiger partial charge in [-0.3, -0.25) is 0 Å². The average molecular weight is 323 g/mol. The van der Waals surface area contributed by atoms with E-state index in [4.69, 9.17) is 5.73 Å². The molecular weight excluding hydrogens is 304 g/mol.